The topological polar surface area (TPSA) is 20.2 Å². The third kappa shape index (κ3) is 2.46. The zero-order chi connectivity index (χ0) is 8.85. The largest absolute Gasteiger partial charge is 0.507 e. The summed E-state index contributed by atoms with van der Waals surface area (Å²) in [6.07, 6.45) is 3.78. The van der Waals surface area contributed by atoms with E-state index in [4.69, 9.17) is 0 Å². The molecule has 0 amide bonds. The van der Waals surface area contributed by atoms with Crippen molar-refractivity contribution < 1.29 is 5.11 Å². The summed E-state index contributed by atoms with van der Waals surface area (Å²) in [5.74, 6) is 0.145. The highest BCUT2D eigenvalue weighted by molar-refractivity contribution is 5.41. The number of hydrogen-bond donors (Lipinski definition) is 1. The zero-order valence-corrected chi connectivity index (χ0v) is 6.93. The van der Waals surface area contributed by atoms with Gasteiger partial charge in [-0.3, -0.25) is 0 Å². The molecule has 0 aliphatic heterocycles. The smallest absolute Gasteiger partial charge is 0.122 e. The van der Waals surface area contributed by atoms with E-state index in [1.807, 2.05) is 6.92 Å². The van der Waals surface area contributed by atoms with E-state index in [0.717, 1.165) is 12.0 Å². The molecule has 0 aromatic heterocycles. The minimum absolute atomic E-state index is 0.145. The summed E-state index contributed by atoms with van der Waals surface area (Å²) >= 11 is 0. The second-order valence-corrected chi connectivity index (χ2v) is 2.16. The first-order chi connectivity index (χ1) is 5.17. The van der Waals surface area contributed by atoms with Crippen LogP contribution in [0.2, 0.25) is 0 Å². The van der Waals surface area contributed by atoms with Crippen LogP contribution < -0.4 is 0 Å². The second-order valence-electron chi connectivity index (χ2n) is 2.16. The van der Waals surface area contributed by atoms with Crippen molar-refractivity contribution in [3.8, 4) is 0 Å². The van der Waals surface area contributed by atoms with E-state index in [1.165, 1.54) is 6.08 Å². The molecular formula is C10H14O. The van der Waals surface area contributed by atoms with Crippen LogP contribution in [0.15, 0.2) is 48.8 Å². The molecule has 0 unspecified atom stereocenters. The van der Waals surface area contributed by atoms with Gasteiger partial charge in [-0.2, -0.15) is 0 Å². The summed E-state index contributed by atoms with van der Waals surface area (Å²) < 4.78 is 0. The molecule has 1 heteroatoms. The highest BCUT2D eigenvalue weighted by atomic mass is 16.3. The molecule has 0 saturated carbocycles. The van der Waals surface area contributed by atoms with Crippen molar-refractivity contribution in [2.75, 3.05) is 0 Å². The van der Waals surface area contributed by atoms with E-state index < -0.39 is 0 Å². The normalized spacial score (nSPS) is 11.7. The van der Waals surface area contributed by atoms with Gasteiger partial charge in [0.15, 0.2) is 0 Å². The standard InChI is InChI=1S/C10H14O/c1-5-8(4)9(6-2)10(11)7-3/h6-7,11H,2-5H2,1H3/b10-9-. The van der Waals surface area contributed by atoms with Gasteiger partial charge in [0.05, 0.1) is 0 Å². The summed E-state index contributed by atoms with van der Waals surface area (Å²) in [7, 11) is 0. The van der Waals surface area contributed by atoms with Crippen molar-refractivity contribution in [2.24, 2.45) is 0 Å². The van der Waals surface area contributed by atoms with Gasteiger partial charge in [-0.25, -0.2) is 0 Å². The first-order valence-electron chi connectivity index (χ1n) is 3.53. The molecule has 0 bridgehead atoms. The SMILES string of the molecule is C=C/C(O)=C(\C=C)C(=C)CC. The van der Waals surface area contributed by atoms with Crippen molar-refractivity contribution in [2.45, 2.75) is 13.3 Å². The van der Waals surface area contributed by atoms with Crippen LogP contribution in [-0.4, -0.2) is 5.11 Å². The Morgan fingerprint density at radius 3 is 2.18 bits per heavy atom. The fourth-order valence-electron chi connectivity index (χ4n) is 0.730. The van der Waals surface area contributed by atoms with E-state index in [-0.39, 0.29) is 5.76 Å². The maximum absolute atomic E-state index is 9.25. The van der Waals surface area contributed by atoms with Crippen LogP contribution in [-0.2, 0) is 0 Å². The van der Waals surface area contributed by atoms with E-state index in [1.54, 1.807) is 6.08 Å². The molecule has 0 aliphatic carbocycles. The molecule has 0 aromatic rings. The van der Waals surface area contributed by atoms with Gasteiger partial charge < -0.3 is 5.11 Å². The molecule has 1 N–H and O–H groups in total. The molecule has 0 rings (SSSR count). The lowest BCUT2D eigenvalue weighted by atomic mass is 10.0. The van der Waals surface area contributed by atoms with Gasteiger partial charge in [0.2, 0.25) is 0 Å². The number of hydrogen-bond acceptors (Lipinski definition) is 1. The molecule has 11 heavy (non-hydrogen) atoms. The van der Waals surface area contributed by atoms with Gasteiger partial charge in [0.25, 0.3) is 0 Å². The Morgan fingerprint density at radius 2 is 1.91 bits per heavy atom. The lowest BCUT2D eigenvalue weighted by Crippen LogP contribution is -1.88. The monoisotopic (exact) mass is 150 g/mol. The molecule has 0 saturated heterocycles. The first kappa shape index (κ1) is 9.76. The Kier molecular flexibility index (Phi) is 4.04. The average Bonchev–Trinajstić information content (AvgIpc) is 2.05. The van der Waals surface area contributed by atoms with Crippen molar-refractivity contribution in [3.05, 3.63) is 48.8 Å². The van der Waals surface area contributed by atoms with Gasteiger partial charge in [0, 0.05) is 5.57 Å². The maximum atomic E-state index is 9.25. The molecule has 0 radical (unpaired) electrons. The summed E-state index contributed by atoms with van der Waals surface area (Å²) in [5.41, 5.74) is 1.56. The van der Waals surface area contributed by atoms with Crippen LogP contribution >= 0.6 is 0 Å². The Labute approximate surface area is 68.1 Å². The predicted octanol–water partition coefficient (Wildman–Crippen LogP) is 3.14. The van der Waals surface area contributed by atoms with Crippen LogP contribution in [0.1, 0.15) is 13.3 Å². The highest BCUT2D eigenvalue weighted by Crippen LogP contribution is 2.15. The predicted molar refractivity (Wildman–Crippen MR) is 49.5 cm³/mol. The summed E-state index contributed by atoms with van der Waals surface area (Å²) in [6, 6.07) is 0. The molecule has 0 aromatic carbocycles. The van der Waals surface area contributed by atoms with Crippen LogP contribution in [0.5, 0.6) is 0 Å². The van der Waals surface area contributed by atoms with E-state index in [0.29, 0.717) is 5.57 Å². The lowest BCUT2D eigenvalue weighted by Gasteiger charge is -2.03. The molecule has 0 spiro atoms. The Balaban J connectivity index is 4.78. The van der Waals surface area contributed by atoms with Crippen LogP contribution in [0.25, 0.3) is 0 Å². The lowest BCUT2D eigenvalue weighted by molar-refractivity contribution is 0.428. The fraction of sp³-hybridized carbons (Fsp3) is 0.200. The Bertz CT molecular complexity index is 209. The Morgan fingerprint density at radius 1 is 1.36 bits per heavy atom. The van der Waals surface area contributed by atoms with Crippen LogP contribution in [0.4, 0.5) is 0 Å². The van der Waals surface area contributed by atoms with Crippen molar-refractivity contribution in [1.82, 2.24) is 0 Å². The number of aliphatic hydroxyl groups is 1. The average molecular weight is 150 g/mol. The first-order valence-corrected chi connectivity index (χ1v) is 3.53. The molecule has 0 heterocycles. The van der Waals surface area contributed by atoms with Crippen molar-refractivity contribution in [3.63, 3.8) is 0 Å². The molecule has 0 atom stereocenters. The molecule has 0 aliphatic rings. The third-order valence-electron chi connectivity index (χ3n) is 1.48. The minimum atomic E-state index is 0.145. The highest BCUT2D eigenvalue weighted by Gasteiger charge is 2.00. The number of rotatable bonds is 4. The fourth-order valence-corrected chi connectivity index (χ4v) is 0.730. The van der Waals surface area contributed by atoms with Gasteiger partial charge in [0.1, 0.15) is 5.76 Å². The van der Waals surface area contributed by atoms with Crippen molar-refractivity contribution >= 4 is 0 Å². The molecular weight excluding hydrogens is 136 g/mol. The van der Waals surface area contributed by atoms with Crippen LogP contribution in [0, 0.1) is 0 Å². The van der Waals surface area contributed by atoms with E-state index in [9.17, 15) is 5.11 Å². The number of allylic oxidation sites excluding steroid dienone is 4. The molecule has 1 nitrogen and oxygen atoms in total. The quantitative estimate of drug-likeness (QED) is 0.482. The minimum Gasteiger partial charge on any atom is -0.507 e. The molecule has 60 valence electrons. The van der Waals surface area contributed by atoms with Crippen molar-refractivity contribution in [1.29, 1.82) is 0 Å². The second kappa shape index (κ2) is 4.56. The van der Waals surface area contributed by atoms with Gasteiger partial charge in [-0.15, -0.1) is 0 Å². The third-order valence-corrected chi connectivity index (χ3v) is 1.48. The van der Waals surface area contributed by atoms with E-state index in [2.05, 4.69) is 19.7 Å². The summed E-state index contributed by atoms with van der Waals surface area (Å²) in [4.78, 5) is 0. The van der Waals surface area contributed by atoms with Crippen LogP contribution in [0.3, 0.4) is 0 Å². The van der Waals surface area contributed by atoms with E-state index >= 15 is 0 Å². The van der Waals surface area contributed by atoms with Gasteiger partial charge >= 0.3 is 0 Å². The van der Waals surface area contributed by atoms with Gasteiger partial charge in [-0.1, -0.05) is 32.7 Å². The number of aliphatic hydroxyl groups excluding tert-OH is 1. The Hall–Kier alpha value is -1.24. The van der Waals surface area contributed by atoms with Gasteiger partial charge in [-0.05, 0) is 18.1 Å². The summed E-state index contributed by atoms with van der Waals surface area (Å²) in [6.45, 7) is 12.8. The summed E-state index contributed by atoms with van der Waals surface area (Å²) in [5, 5.41) is 9.25. The zero-order valence-electron chi connectivity index (χ0n) is 6.93. The molecule has 0 fully saturated rings. The maximum Gasteiger partial charge on any atom is 0.122 e.